The zero-order chi connectivity index (χ0) is 28.2. The maximum atomic E-state index is 15.2. The molecule has 4 nitrogen and oxygen atoms in total. The molecule has 0 bridgehead atoms. The van der Waals surface area contributed by atoms with Crippen LogP contribution in [0.3, 0.4) is 0 Å². The second kappa shape index (κ2) is 16.4. The maximum Gasteiger partial charge on any atom is 0.168 e. The molecular weight excluding hydrogens is 508 g/mol. The van der Waals surface area contributed by atoms with Gasteiger partial charge in [0.1, 0.15) is 18.5 Å². The highest BCUT2D eigenvalue weighted by molar-refractivity contribution is 5.63. The molecule has 1 aliphatic heterocycles. The van der Waals surface area contributed by atoms with E-state index < -0.39 is 11.6 Å². The molecule has 1 saturated heterocycles. The Labute approximate surface area is 240 Å². The Kier molecular flexibility index (Phi) is 12.7. The summed E-state index contributed by atoms with van der Waals surface area (Å²) in [6, 6.07) is 5.31. The van der Waals surface area contributed by atoms with Crippen LogP contribution in [0.5, 0.6) is 5.75 Å². The molecule has 0 spiro atoms. The van der Waals surface area contributed by atoms with Crippen LogP contribution < -0.4 is 4.74 Å². The number of unbranched alkanes of at least 4 members (excludes halogenated alkanes) is 7. The van der Waals surface area contributed by atoms with Gasteiger partial charge in [0.25, 0.3) is 0 Å². The molecule has 1 aromatic heterocycles. The normalized spacial score (nSPS) is 19.9. The largest absolute Gasteiger partial charge is 0.489 e. The summed E-state index contributed by atoms with van der Waals surface area (Å²) in [7, 11) is 0. The number of halogens is 2. The average molecular weight is 558 g/mol. The summed E-state index contributed by atoms with van der Waals surface area (Å²) in [5.74, 6) is -0.457. The number of hydrogen-bond donors (Lipinski definition) is 0. The van der Waals surface area contributed by atoms with Gasteiger partial charge in [0.2, 0.25) is 0 Å². The number of rotatable bonds is 19. The Hall–Kier alpha value is -2.05. The standard InChI is InChI=1S/C34H49F2NO3/c1-3-5-7-10-14-31-32(40-31)24-39-27-17-18-30(37-23-27)29-22-26-16-15-25(21-28(26)33(35)34(29)36)13-9-8-12-20-38-19-11-6-4-2/h17-18,22-23,25,31-32H,3-16,19-21,24H2,1-2H3. The van der Waals surface area contributed by atoms with Gasteiger partial charge in [0.15, 0.2) is 11.6 Å². The third kappa shape index (κ3) is 9.24. The minimum Gasteiger partial charge on any atom is -0.489 e. The molecule has 222 valence electrons. The second-order valence-electron chi connectivity index (χ2n) is 11.7. The Morgan fingerprint density at radius 3 is 2.40 bits per heavy atom. The predicted octanol–water partition coefficient (Wildman–Crippen LogP) is 9.02. The van der Waals surface area contributed by atoms with E-state index in [1.165, 1.54) is 38.5 Å². The topological polar surface area (TPSA) is 43.9 Å². The fourth-order valence-electron chi connectivity index (χ4n) is 5.87. The van der Waals surface area contributed by atoms with Crippen molar-refractivity contribution in [3.63, 3.8) is 0 Å². The molecule has 4 rings (SSSR count). The SMILES string of the molecule is CCCCCCC1OC1COc1ccc(-c2cc3c(c(F)c2F)CC(CCCCCOCCCCC)CC3)nc1. The highest BCUT2D eigenvalue weighted by Crippen LogP contribution is 2.36. The number of ether oxygens (including phenoxy) is 3. The number of hydrogen-bond acceptors (Lipinski definition) is 4. The molecule has 40 heavy (non-hydrogen) atoms. The van der Waals surface area contributed by atoms with E-state index in [0.29, 0.717) is 42.1 Å². The highest BCUT2D eigenvalue weighted by Gasteiger charge is 2.38. The molecule has 3 atom stereocenters. The molecule has 2 aliphatic rings. The first-order chi connectivity index (χ1) is 19.6. The molecule has 1 aliphatic carbocycles. The van der Waals surface area contributed by atoms with E-state index in [1.807, 2.05) is 6.07 Å². The fourth-order valence-corrected chi connectivity index (χ4v) is 5.87. The van der Waals surface area contributed by atoms with Crippen molar-refractivity contribution in [3.8, 4) is 17.0 Å². The highest BCUT2D eigenvalue weighted by atomic mass is 19.2. The van der Waals surface area contributed by atoms with Gasteiger partial charge in [-0.05, 0) is 73.8 Å². The van der Waals surface area contributed by atoms with Crippen LogP contribution >= 0.6 is 0 Å². The van der Waals surface area contributed by atoms with Gasteiger partial charge in [-0.3, -0.25) is 4.98 Å². The Balaban J connectivity index is 1.21. The first-order valence-corrected chi connectivity index (χ1v) is 15.9. The van der Waals surface area contributed by atoms with Crippen LogP contribution in [0.2, 0.25) is 0 Å². The van der Waals surface area contributed by atoms with E-state index in [1.54, 1.807) is 18.3 Å². The van der Waals surface area contributed by atoms with Gasteiger partial charge >= 0.3 is 0 Å². The third-order valence-corrected chi connectivity index (χ3v) is 8.46. The molecule has 0 saturated carbocycles. The van der Waals surface area contributed by atoms with Crippen molar-refractivity contribution in [2.45, 2.75) is 122 Å². The monoisotopic (exact) mass is 557 g/mol. The molecule has 1 aromatic carbocycles. The summed E-state index contributed by atoms with van der Waals surface area (Å²) >= 11 is 0. The molecule has 6 heteroatoms. The summed E-state index contributed by atoms with van der Waals surface area (Å²) < 4.78 is 47.7. The summed E-state index contributed by atoms with van der Waals surface area (Å²) in [5.41, 5.74) is 2.15. The van der Waals surface area contributed by atoms with Crippen LogP contribution in [0.1, 0.15) is 108 Å². The molecule has 0 radical (unpaired) electrons. The minimum atomic E-state index is -0.793. The maximum absolute atomic E-state index is 15.2. The van der Waals surface area contributed by atoms with Crippen molar-refractivity contribution in [1.29, 1.82) is 0 Å². The van der Waals surface area contributed by atoms with Gasteiger partial charge in [0, 0.05) is 18.8 Å². The zero-order valence-corrected chi connectivity index (χ0v) is 24.7. The zero-order valence-electron chi connectivity index (χ0n) is 24.7. The smallest absolute Gasteiger partial charge is 0.168 e. The molecule has 2 aromatic rings. The summed E-state index contributed by atoms with van der Waals surface area (Å²) in [5, 5.41) is 0. The van der Waals surface area contributed by atoms with Crippen LogP contribution in [0.15, 0.2) is 24.4 Å². The molecule has 0 amide bonds. The fraction of sp³-hybridized carbons (Fsp3) is 0.676. The Bertz CT molecular complexity index is 1030. The van der Waals surface area contributed by atoms with Crippen LogP contribution in [-0.4, -0.2) is 37.0 Å². The predicted molar refractivity (Wildman–Crippen MR) is 157 cm³/mol. The third-order valence-electron chi connectivity index (χ3n) is 8.46. The van der Waals surface area contributed by atoms with Gasteiger partial charge in [-0.1, -0.05) is 71.6 Å². The number of nitrogens with zero attached hydrogens (tertiary/aromatic N) is 1. The van der Waals surface area contributed by atoms with Crippen molar-refractivity contribution in [3.05, 3.63) is 47.2 Å². The number of aromatic nitrogens is 1. The Morgan fingerprint density at radius 2 is 1.62 bits per heavy atom. The van der Waals surface area contributed by atoms with E-state index in [9.17, 15) is 0 Å². The first kappa shape index (κ1) is 30.9. The van der Waals surface area contributed by atoms with E-state index in [4.69, 9.17) is 14.2 Å². The number of epoxide rings is 1. The minimum absolute atomic E-state index is 0.145. The van der Waals surface area contributed by atoms with Crippen molar-refractivity contribution in [2.75, 3.05) is 19.8 Å². The lowest BCUT2D eigenvalue weighted by Gasteiger charge is -2.26. The van der Waals surface area contributed by atoms with Crippen molar-refractivity contribution in [2.24, 2.45) is 5.92 Å². The molecular formula is C34H49F2NO3. The van der Waals surface area contributed by atoms with Crippen molar-refractivity contribution >= 4 is 0 Å². The van der Waals surface area contributed by atoms with Gasteiger partial charge in [-0.2, -0.15) is 0 Å². The van der Waals surface area contributed by atoms with Gasteiger partial charge in [-0.15, -0.1) is 0 Å². The van der Waals surface area contributed by atoms with Crippen LogP contribution in [0, 0.1) is 17.6 Å². The Morgan fingerprint density at radius 1 is 0.875 bits per heavy atom. The quantitative estimate of drug-likeness (QED) is 0.128. The number of pyridine rings is 1. The lowest BCUT2D eigenvalue weighted by molar-refractivity contribution is 0.125. The van der Waals surface area contributed by atoms with E-state index >= 15 is 8.78 Å². The van der Waals surface area contributed by atoms with Gasteiger partial charge in [-0.25, -0.2) is 8.78 Å². The van der Waals surface area contributed by atoms with Crippen LogP contribution in [0.4, 0.5) is 8.78 Å². The lowest BCUT2D eigenvalue weighted by atomic mass is 9.80. The lowest BCUT2D eigenvalue weighted by Crippen LogP contribution is -2.17. The van der Waals surface area contributed by atoms with Gasteiger partial charge < -0.3 is 14.2 Å². The average Bonchev–Trinajstić information content (AvgIpc) is 3.74. The molecule has 0 N–H and O–H groups in total. The van der Waals surface area contributed by atoms with Crippen molar-refractivity contribution in [1.82, 2.24) is 4.98 Å². The molecule has 2 heterocycles. The number of benzene rings is 1. The van der Waals surface area contributed by atoms with Crippen LogP contribution in [-0.2, 0) is 22.3 Å². The summed E-state index contributed by atoms with van der Waals surface area (Å²) in [6.45, 7) is 6.60. The van der Waals surface area contributed by atoms with E-state index in [0.717, 1.165) is 70.1 Å². The summed E-state index contributed by atoms with van der Waals surface area (Å²) in [6.07, 6.45) is 18.5. The first-order valence-electron chi connectivity index (χ1n) is 15.9. The number of fused-ring (bicyclic) bond motifs is 1. The van der Waals surface area contributed by atoms with Crippen molar-refractivity contribution < 1.29 is 23.0 Å². The number of aryl methyl sites for hydroxylation is 1. The van der Waals surface area contributed by atoms with Gasteiger partial charge in [0.05, 0.1) is 18.0 Å². The second-order valence-corrected chi connectivity index (χ2v) is 11.7. The molecule has 1 fully saturated rings. The van der Waals surface area contributed by atoms with E-state index in [2.05, 4.69) is 18.8 Å². The van der Waals surface area contributed by atoms with E-state index in [-0.39, 0.29) is 11.7 Å². The molecule has 3 unspecified atom stereocenters. The van der Waals surface area contributed by atoms with Crippen LogP contribution in [0.25, 0.3) is 11.3 Å². The summed E-state index contributed by atoms with van der Waals surface area (Å²) in [4.78, 5) is 4.41.